The molecule has 36 heavy (non-hydrogen) atoms. The number of methoxy groups -OCH3 is 1. The molecule has 194 valence electrons. The lowest BCUT2D eigenvalue weighted by Gasteiger charge is -2.16. The van der Waals surface area contributed by atoms with Crippen molar-refractivity contribution in [3.8, 4) is 5.75 Å². The molecule has 0 aliphatic heterocycles. The number of thiazole rings is 1. The van der Waals surface area contributed by atoms with E-state index in [1.165, 1.54) is 24.6 Å². The maximum atomic E-state index is 13.1. The highest BCUT2D eigenvalue weighted by atomic mass is 32.2. The van der Waals surface area contributed by atoms with Crippen LogP contribution in [0.4, 0.5) is 10.8 Å². The van der Waals surface area contributed by atoms with Crippen LogP contribution < -0.4 is 14.8 Å². The van der Waals surface area contributed by atoms with Gasteiger partial charge in [-0.2, -0.15) is 0 Å². The second-order valence-corrected chi connectivity index (χ2v) is 10.9. The third kappa shape index (κ3) is 6.91. The van der Waals surface area contributed by atoms with Crippen molar-refractivity contribution in [2.45, 2.75) is 51.2 Å². The standard InChI is InChI=1S/C24H31N5O5S2/c1-6-18(20-14-35-24(28-20)29-36(31,32)17-9-10-17)23(30)27-19-11-8-16(12-21(19)33-5)15(3)26-22(13-25-4)34-7-2/h8,11-14,17-18H,4,6-7,9-10H2,1-3,5H3,(H,27,30)(H,28,29)/b22-13+,26-15+. The van der Waals surface area contributed by atoms with Crippen LogP contribution in [0.25, 0.3) is 0 Å². The van der Waals surface area contributed by atoms with E-state index in [1.807, 2.05) is 26.8 Å². The Balaban J connectivity index is 1.76. The molecule has 12 heteroatoms. The Bertz CT molecular complexity index is 1270. The van der Waals surface area contributed by atoms with Gasteiger partial charge in [0.1, 0.15) is 5.75 Å². The minimum absolute atomic E-state index is 0.269. The minimum atomic E-state index is -3.41. The van der Waals surface area contributed by atoms with Gasteiger partial charge < -0.3 is 14.8 Å². The van der Waals surface area contributed by atoms with Crippen molar-refractivity contribution in [2.24, 2.45) is 9.98 Å². The molecule has 1 heterocycles. The smallest absolute Gasteiger partial charge is 0.237 e. The molecule has 3 rings (SSSR count). The third-order valence-corrected chi connectivity index (χ3v) is 8.18. The summed E-state index contributed by atoms with van der Waals surface area (Å²) in [5.74, 6) is -0.0211. The lowest BCUT2D eigenvalue weighted by molar-refractivity contribution is -0.117. The molecule has 1 aromatic carbocycles. The Morgan fingerprint density at radius 3 is 2.72 bits per heavy atom. The van der Waals surface area contributed by atoms with Crippen molar-refractivity contribution in [1.82, 2.24) is 4.98 Å². The molecule has 1 aliphatic carbocycles. The van der Waals surface area contributed by atoms with Gasteiger partial charge in [0.25, 0.3) is 0 Å². The van der Waals surface area contributed by atoms with Crippen molar-refractivity contribution < 1.29 is 22.7 Å². The molecular weight excluding hydrogens is 502 g/mol. The Morgan fingerprint density at radius 2 is 2.11 bits per heavy atom. The number of amides is 1. The zero-order chi connectivity index (χ0) is 26.3. The van der Waals surface area contributed by atoms with Gasteiger partial charge in [-0.25, -0.2) is 18.4 Å². The number of nitrogens with one attached hydrogen (secondary N) is 2. The second-order valence-electron chi connectivity index (χ2n) is 8.07. The molecule has 1 amide bonds. The number of hydrogen-bond acceptors (Lipinski definition) is 9. The predicted molar refractivity (Wildman–Crippen MR) is 144 cm³/mol. The van der Waals surface area contributed by atoms with E-state index < -0.39 is 15.9 Å². The molecule has 1 saturated carbocycles. The summed E-state index contributed by atoms with van der Waals surface area (Å²) < 4.78 is 37.9. The number of hydrogen-bond donors (Lipinski definition) is 2. The fourth-order valence-electron chi connectivity index (χ4n) is 3.40. The average Bonchev–Trinajstić information content (AvgIpc) is 3.62. The van der Waals surface area contributed by atoms with Crippen LogP contribution in [0.3, 0.4) is 0 Å². The second kappa shape index (κ2) is 12.1. The summed E-state index contributed by atoms with van der Waals surface area (Å²) in [6.07, 6.45) is 3.25. The minimum Gasteiger partial charge on any atom is -0.495 e. The Morgan fingerprint density at radius 1 is 1.36 bits per heavy atom. The number of rotatable bonds is 13. The van der Waals surface area contributed by atoms with E-state index >= 15 is 0 Å². The highest BCUT2D eigenvalue weighted by Gasteiger charge is 2.36. The van der Waals surface area contributed by atoms with E-state index in [2.05, 4.69) is 31.7 Å². The lowest BCUT2D eigenvalue weighted by Crippen LogP contribution is -2.22. The number of nitrogens with zero attached hydrogens (tertiary/aromatic N) is 3. The zero-order valence-electron chi connectivity index (χ0n) is 20.8. The molecule has 0 bridgehead atoms. The Hall–Kier alpha value is -3.25. The van der Waals surface area contributed by atoms with Gasteiger partial charge in [0.05, 0.1) is 42.5 Å². The zero-order valence-corrected chi connectivity index (χ0v) is 22.4. The molecule has 0 radical (unpaired) electrons. The van der Waals surface area contributed by atoms with Crippen LogP contribution in [0.2, 0.25) is 0 Å². The van der Waals surface area contributed by atoms with E-state index in [9.17, 15) is 13.2 Å². The summed E-state index contributed by atoms with van der Waals surface area (Å²) in [4.78, 5) is 25.6. The first-order valence-electron chi connectivity index (χ1n) is 11.5. The molecule has 2 aromatic rings. The summed E-state index contributed by atoms with van der Waals surface area (Å²) >= 11 is 1.17. The first kappa shape index (κ1) is 27.3. The van der Waals surface area contributed by atoms with E-state index in [1.54, 1.807) is 17.5 Å². The molecule has 0 saturated heterocycles. The molecule has 10 nitrogen and oxygen atoms in total. The fourth-order valence-corrected chi connectivity index (χ4v) is 5.76. The van der Waals surface area contributed by atoms with E-state index in [0.717, 1.165) is 5.56 Å². The van der Waals surface area contributed by atoms with Crippen molar-refractivity contribution in [3.63, 3.8) is 0 Å². The maximum absolute atomic E-state index is 13.1. The normalized spacial score (nSPS) is 15.2. The Kier molecular flexibility index (Phi) is 9.21. The fraction of sp³-hybridized carbons (Fsp3) is 0.417. The largest absolute Gasteiger partial charge is 0.495 e. The summed E-state index contributed by atoms with van der Waals surface area (Å²) in [6.45, 7) is 9.42. The van der Waals surface area contributed by atoms with E-state index in [4.69, 9.17) is 9.47 Å². The number of anilines is 2. The summed E-state index contributed by atoms with van der Waals surface area (Å²) in [5, 5.41) is 4.54. The highest BCUT2D eigenvalue weighted by molar-refractivity contribution is 7.93. The quantitative estimate of drug-likeness (QED) is 0.287. The van der Waals surface area contributed by atoms with Crippen molar-refractivity contribution in [3.05, 3.63) is 46.9 Å². The molecule has 2 N–H and O–H groups in total. The van der Waals surface area contributed by atoms with Gasteiger partial charge in [-0.1, -0.05) is 13.0 Å². The van der Waals surface area contributed by atoms with Gasteiger partial charge in [-0.3, -0.25) is 14.5 Å². The topological polar surface area (TPSA) is 131 Å². The van der Waals surface area contributed by atoms with Crippen molar-refractivity contribution in [2.75, 3.05) is 23.8 Å². The van der Waals surface area contributed by atoms with Crippen LogP contribution >= 0.6 is 11.3 Å². The number of aromatic nitrogens is 1. The molecule has 0 spiro atoms. The van der Waals surface area contributed by atoms with Gasteiger partial charge in [0, 0.05) is 11.1 Å². The number of carbonyl (C=O) groups excluding carboxylic acids is 1. The van der Waals surface area contributed by atoms with Crippen LogP contribution in [-0.2, 0) is 19.6 Å². The average molecular weight is 534 g/mol. The monoisotopic (exact) mass is 533 g/mol. The first-order chi connectivity index (χ1) is 17.2. The van der Waals surface area contributed by atoms with Crippen LogP contribution in [0.15, 0.2) is 45.6 Å². The molecule has 1 fully saturated rings. The van der Waals surface area contributed by atoms with Crippen molar-refractivity contribution >= 4 is 50.5 Å². The summed E-state index contributed by atoms with van der Waals surface area (Å²) in [5.41, 5.74) is 2.46. The molecule has 1 aliphatic rings. The van der Waals surface area contributed by atoms with Gasteiger partial charge in [-0.05, 0) is 57.5 Å². The summed E-state index contributed by atoms with van der Waals surface area (Å²) in [7, 11) is -1.89. The molecule has 1 unspecified atom stereocenters. The van der Waals surface area contributed by atoms with Gasteiger partial charge in [-0.15, -0.1) is 11.3 Å². The van der Waals surface area contributed by atoms with Gasteiger partial charge >= 0.3 is 0 Å². The first-order valence-corrected chi connectivity index (χ1v) is 13.9. The lowest BCUT2D eigenvalue weighted by atomic mass is 10.0. The van der Waals surface area contributed by atoms with Crippen LogP contribution in [0, 0.1) is 0 Å². The number of aliphatic imine (C=N–C) groups is 2. The van der Waals surface area contributed by atoms with Crippen LogP contribution in [0.1, 0.15) is 57.2 Å². The predicted octanol–water partition coefficient (Wildman–Crippen LogP) is 4.53. The maximum Gasteiger partial charge on any atom is 0.237 e. The van der Waals surface area contributed by atoms with Gasteiger partial charge in [0.2, 0.25) is 21.8 Å². The SMILES string of the molecule is C=N/C=C(\N=C(/C)c1ccc(NC(=O)C(CC)c2csc(NS(=O)(=O)C3CC3)n2)c(OC)c1)OCC. The van der Waals surface area contributed by atoms with Gasteiger partial charge in [0.15, 0.2) is 5.13 Å². The molecule has 1 atom stereocenters. The number of benzene rings is 1. The Labute approximate surface area is 215 Å². The van der Waals surface area contributed by atoms with Crippen LogP contribution in [0.5, 0.6) is 5.75 Å². The molecule has 1 aromatic heterocycles. The highest BCUT2D eigenvalue weighted by Crippen LogP contribution is 2.33. The summed E-state index contributed by atoms with van der Waals surface area (Å²) in [6, 6.07) is 5.33. The van der Waals surface area contributed by atoms with Crippen molar-refractivity contribution in [1.29, 1.82) is 0 Å². The van der Waals surface area contributed by atoms with E-state index in [-0.39, 0.29) is 16.3 Å². The molecular formula is C24H31N5O5S2. The third-order valence-electron chi connectivity index (χ3n) is 5.45. The van der Waals surface area contributed by atoms with E-state index in [0.29, 0.717) is 54.6 Å². The number of carbonyl (C=O) groups is 1. The number of ether oxygens (including phenoxy) is 2. The number of sulfonamides is 1. The van der Waals surface area contributed by atoms with Crippen LogP contribution in [-0.4, -0.2) is 50.7 Å².